The van der Waals surface area contributed by atoms with Gasteiger partial charge in [0.05, 0.1) is 19.2 Å². The highest BCUT2D eigenvalue weighted by atomic mass is 35.5. The van der Waals surface area contributed by atoms with Crippen molar-refractivity contribution >= 4 is 29.4 Å². The maximum atomic E-state index is 12.9. The number of rotatable bonds is 10. The zero-order valence-corrected chi connectivity index (χ0v) is 26.3. The summed E-state index contributed by atoms with van der Waals surface area (Å²) < 4.78 is 10.7. The topological polar surface area (TPSA) is 88.2 Å². The van der Waals surface area contributed by atoms with E-state index in [4.69, 9.17) is 21.1 Å². The zero-order chi connectivity index (χ0) is 30.6. The lowest BCUT2D eigenvalue weighted by Gasteiger charge is -2.35. The van der Waals surface area contributed by atoms with E-state index in [-0.39, 0.29) is 23.8 Å². The number of piperazine rings is 1. The van der Waals surface area contributed by atoms with Crippen molar-refractivity contribution in [2.75, 3.05) is 39.8 Å². The van der Waals surface area contributed by atoms with Crippen LogP contribution in [0.25, 0.3) is 0 Å². The third-order valence-electron chi connectivity index (χ3n) is 9.62. The molecule has 2 atom stereocenters. The van der Waals surface area contributed by atoms with Crippen LogP contribution in [0.1, 0.15) is 68.3 Å². The molecule has 1 aliphatic heterocycles. The number of esters is 1. The largest absolute Gasteiger partial charge is 0.465 e. The lowest BCUT2D eigenvalue weighted by molar-refractivity contribution is -0.134. The van der Waals surface area contributed by atoms with Crippen molar-refractivity contribution in [3.8, 4) is 11.5 Å². The fourth-order valence-electron chi connectivity index (χ4n) is 7.50. The summed E-state index contributed by atoms with van der Waals surface area (Å²) in [5.41, 5.74) is 1.52. The van der Waals surface area contributed by atoms with Crippen molar-refractivity contribution in [3.05, 3.63) is 58.6 Å². The van der Waals surface area contributed by atoms with Crippen LogP contribution in [0.2, 0.25) is 5.02 Å². The summed E-state index contributed by atoms with van der Waals surface area (Å²) in [7, 11) is 1.35. The Morgan fingerprint density at radius 1 is 0.977 bits per heavy atom. The van der Waals surface area contributed by atoms with Gasteiger partial charge in [0.2, 0.25) is 11.8 Å². The Labute approximate surface area is 260 Å². The highest BCUT2D eigenvalue weighted by Gasteiger charge is 2.47. The number of nitrogens with zero attached hydrogens (tertiary/aromatic N) is 2. The fourth-order valence-corrected chi connectivity index (χ4v) is 7.75. The molecule has 8 nitrogen and oxygen atoms in total. The second-order valence-corrected chi connectivity index (χ2v) is 13.4. The van der Waals surface area contributed by atoms with Gasteiger partial charge in [0.15, 0.2) is 0 Å². The van der Waals surface area contributed by atoms with Crippen molar-refractivity contribution in [3.63, 3.8) is 0 Å². The number of carbonyl (C=O) groups excluding carboxylic acids is 3. The highest BCUT2D eigenvalue weighted by Crippen LogP contribution is 2.56. The first kappa shape index (κ1) is 31.3. The summed E-state index contributed by atoms with van der Waals surface area (Å²) in [6.45, 7) is 7.99. The van der Waals surface area contributed by atoms with E-state index < -0.39 is 5.97 Å². The number of ether oxygens (including phenoxy) is 2. The molecule has 2 amide bonds. The second-order valence-electron chi connectivity index (χ2n) is 13.0. The number of benzene rings is 2. The smallest absolute Gasteiger partial charge is 0.337 e. The normalized spacial score (nSPS) is 25.3. The summed E-state index contributed by atoms with van der Waals surface area (Å²) >= 11 is 6.40. The quantitative estimate of drug-likeness (QED) is 0.336. The molecule has 1 heterocycles. The van der Waals surface area contributed by atoms with Crippen molar-refractivity contribution in [2.45, 2.75) is 58.9 Å². The first-order valence-electron chi connectivity index (χ1n) is 15.6. The molecule has 0 radical (unpaired) electrons. The van der Waals surface area contributed by atoms with Crippen molar-refractivity contribution in [2.24, 2.45) is 23.2 Å². The van der Waals surface area contributed by atoms with Crippen LogP contribution in [0.3, 0.4) is 0 Å². The van der Waals surface area contributed by atoms with Gasteiger partial charge in [0.25, 0.3) is 0 Å². The van der Waals surface area contributed by atoms with Crippen LogP contribution in [0.5, 0.6) is 11.5 Å². The van der Waals surface area contributed by atoms with Crippen LogP contribution in [0.15, 0.2) is 42.5 Å². The minimum absolute atomic E-state index is 0.000103. The van der Waals surface area contributed by atoms with E-state index in [1.165, 1.54) is 26.4 Å². The molecule has 9 heteroatoms. The Morgan fingerprint density at radius 2 is 1.65 bits per heavy atom. The summed E-state index contributed by atoms with van der Waals surface area (Å²) in [5, 5.41) is 3.49. The second kappa shape index (κ2) is 13.7. The third-order valence-corrected chi connectivity index (χ3v) is 9.84. The number of methoxy groups -OCH3 is 1. The van der Waals surface area contributed by atoms with E-state index in [0.717, 1.165) is 49.2 Å². The van der Waals surface area contributed by atoms with Gasteiger partial charge in [-0.25, -0.2) is 4.79 Å². The van der Waals surface area contributed by atoms with E-state index in [0.29, 0.717) is 48.1 Å². The Kier molecular flexibility index (Phi) is 9.97. The molecule has 43 heavy (non-hydrogen) atoms. The molecule has 1 saturated heterocycles. The summed E-state index contributed by atoms with van der Waals surface area (Å²) in [4.78, 5) is 41.5. The number of fused-ring (bicyclic) bond motifs is 1. The molecule has 0 spiro atoms. The molecule has 3 aliphatic rings. The lowest BCUT2D eigenvalue weighted by atomic mass is 9.81. The van der Waals surface area contributed by atoms with Crippen molar-refractivity contribution < 1.29 is 23.9 Å². The average Bonchev–Trinajstić information content (AvgIpc) is 3.50. The number of halogens is 1. The molecular formula is C34H44ClN3O5. The molecule has 0 aromatic heterocycles. The predicted molar refractivity (Wildman–Crippen MR) is 166 cm³/mol. The van der Waals surface area contributed by atoms with Crippen LogP contribution in [0.4, 0.5) is 0 Å². The highest BCUT2D eigenvalue weighted by molar-refractivity contribution is 6.30. The Hall–Kier alpha value is -3.10. The molecule has 2 unspecified atom stereocenters. The van der Waals surface area contributed by atoms with E-state index in [9.17, 15) is 14.4 Å². The van der Waals surface area contributed by atoms with Crippen LogP contribution < -0.4 is 10.1 Å². The summed E-state index contributed by atoms with van der Waals surface area (Å²) in [6, 6.07) is 12.4. The van der Waals surface area contributed by atoms with Gasteiger partial charge in [-0.15, -0.1) is 0 Å². The molecule has 232 valence electrons. The number of hydrogen-bond acceptors (Lipinski definition) is 6. The van der Waals surface area contributed by atoms with E-state index in [1.54, 1.807) is 30.3 Å². The molecule has 2 aromatic rings. The zero-order valence-electron chi connectivity index (χ0n) is 25.6. The van der Waals surface area contributed by atoms with Gasteiger partial charge in [0.1, 0.15) is 11.5 Å². The van der Waals surface area contributed by atoms with Crippen molar-refractivity contribution in [1.82, 2.24) is 15.1 Å². The van der Waals surface area contributed by atoms with E-state index in [1.807, 2.05) is 17.0 Å². The van der Waals surface area contributed by atoms with Gasteiger partial charge in [0, 0.05) is 44.2 Å². The Bertz CT molecular complexity index is 1290. The van der Waals surface area contributed by atoms with Crippen LogP contribution in [-0.2, 0) is 20.9 Å². The van der Waals surface area contributed by atoms with E-state index >= 15 is 0 Å². The lowest BCUT2D eigenvalue weighted by Crippen LogP contribution is -2.51. The molecule has 2 saturated carbocycles. The maximum Gasteiger partial charge on any atom is 0.337 e. The molecule has 2 aliphatic carbocycles. The minimum Gasteiger partial charge on any atom is -0.465 e. The Balaban J connectivity index is 1.04. The molecule has 0 bridgehead atoms. The molecule has 1 N–H and O–H groups in total. The standard InChI is InChI=1S/C34H44ClN3O5/c1-4-23-13-26-18-34(2,19-27(26)14-23)20-31(39)36-21-32(40)38-11-9-37(10-12-38)22-24-15-28(35)17-30(16-24)43-29-7-5-25(6-8-29)33(41)42-3/h5-8,15-17,23,26-27H,4,9-14,18-22H2,1-3H3,(H,36,39). The number of carbonyl (C=O) groups is 3. The maximum absolute atomic E-state index is 12.9. The number of amides is 2. The number of nitrogens with one attached hydrogen (secondary N) is 1. The number of hydrogen-bond donors (Lipinski definition) is 1. The average molecular weight is 610 g/mol. The van der Waals surface area contributed by atoms with Gasteiger partial charge >= 0.3 is 5.97 Å². The van der Waals surface area contributed by atoms with E-state index in [2.05, 4.69) is 24.1 Å². The SMILES string of the molecule is CCC1CC2CC(C)(CC(=O)NCC(=O)N3CCN(Cc4cc(Cl)cc(Oc5ccc(C(=O)OC)cc5)c4)CC3)CC2C1. The first-order chi connectivity index (χ1) is 20.6. The van der Waals surface area contributed by atoms with Gasteiger partial charge < -0.3 is 19.7 Å². The van der Waals surface area contributed by atoms with Gasteiger partial charge in [-0.1, -0.05) is 31.9 Å². The predicted octanol–water partition coefficient (Wildman–Crippen LogP) is 5.92. The third kappa shape index (κ3) is 8.09. The molecule has 5 rings (SSSR count). The summed E-state index contributed by atoms with van der Waals surface area (Å²) in [5.74, 6) is 3.19. The minimum atomic E-state index is -0.399. The fraction of sp³-hybridized carbons (Fsp3) is 0.559. The van der Waals surface area contributed by atoms with Gasteiger partial charge in [-0.3, -0.25) is 14.5 Å². The molecule has 2 aromatic carbocycles. The molecular weight excluding hydrogens is 566 g/mol. The van der Waals surface area contributed by atoms with Crippen LogP contribution in [-0.4, -0.2) is 67.4 Å². The Morgan fingerprint density at radius 3 is 2.28 bits per heavy atom. The van der Waals surface area contributed by atoms with Crippen LogP contribution >= 0.6 is 11.6 Å². The van der Waals surface area contributed by atoms with Crippen molar-refractivity contribution in [1.29, 1.82) is 0 Å². The summed E-state index contributed by atoms with van der Waals surface area (Å²) in [6.07, 6.45) is 6.71. The van der Waals surface area contributed by atoms with Gasteiger partial charge in [-0.05, 0) is 96.9 Å². The monoisotopic (exact) mass is 609 g/mol. The van der Waals surface area contributed by atoms with Gasteiger partial charge in [-0.2, -0.15) is 0 Å². The first-order valence-corrected chi connectivity index (χ1v) is 15.9. The molecule has 3 fully saturated rings. The van der Waals surface area contributed by atoms with Crippen LogP contribution in [0, 0.1) is 23.2 Å².